The first kappa shape index (κ1) is 17.3. The van der Waals surface area contributed by atoms with Crippen molar-refractivity contribution < 1.29 is 22.7 Å². The molecule has 25 heavy (non-hydrogen) atoms. The molecule has 1 aromatic heterocycles. The summed E-state index contributed by atoms with van der Waals surface area (Å²) in [4.78, 5) is 14.0. The second-order valence-corrected chi connectivity index (χ2v) is 5.96. The van der Waals surface area contributed by atoms with E-state index in [0.717, 1.165) is 12.8 Å². The second kappa shape index (κ2) is 7.58. The Balaban J connectivity index is 1.59. The fourth-order valence-electron chi connectivity index (χ4n) is 2.93. The van der Waals surface area contributed by atoms with Gasteiger partial charge < -0.3 is 9.64 Å². The molecule has 1 amide bonds. The number of nitrogens with zero attached hydrogens (tertiary/aromatic N) is 3. The highest BCUT2D eigenvalue weighted by atomic mass is 19.3. The summed E-state index contributed by atoms with van der Waals surface area (Å²) in [6.45, 7) is -1.53. The summed E-state index contributed by atoms with van der Waals surface area (Å²) < 4.78 is 44.7. The average molecular weight is 353 g/mol. The van der Waals surface area contributed by atoms with E-state index in [4.69, 9.17) is 4.74 Å². The van der Waals surface area contributed by atoms with Gasteiger partial charge in [0.25, 0.3) is 5.91 Å². The van der Waals surface area contributed by atoms with Crippen LogP contribution in [0.2, 0.25) is 0 Å². The van der Waals surface area contributed by atoms with Gasteiger partial charge in [0.15, 0.2) is 0 Å². The molecule has 1 aliphatic rings. The number of piperidine rings is 1. The monoisotopic (exact) mass is 353 g/mol. The number of carbonyl (C=O) groups excluding carboxylic acids is 1. The first-order valence-electron chi connectivity index (χ1n) is 8.04. The van der Waals surface area contributed by atoms with E-state index < -0.39 is 12.5 Å². The van der Waals surface area contributed by atoms with Crippen LogP contribution in [-0.4, -0.2) is 40.3 Å². The number of likely N-dealkylation sites (tertiary alicyclic amines) is 1. The highest BCUT2D eigenvalue weighted by Gasteiger charge is 2.28. The third-order valence-corrected chi connectivity index (χ3v) is 4.18. The van der Waals surface area contributed by atoms with Gasteiger partial charge in [0.05, 0.1) is 6.61 Å². The van der Waals surface area contributed by atoms with E-state index in [1.807, 2.05) is 0 Å². The molecule has 5 nitrogen and oxygen atoms in total. The lowest BCUT2D eigenvalue weighted by molar-refractivity contribution is 0.0425. The van der Waals surface area contributed by atoms with Crippen LogP contribution in [0.4, 0.5) is 13.2 Å². The molecule has 1 fully saturated rings. The highest BCUT2D eigenvalue weighted by molar-refractivity contribution is 5.92. The molecular formula is C17H18F3N3O2. The van der Waals surface area contributed by atoms with Crippen molar-refractivity contribution in [1.82, 2.24) is 14.7 Å². The van der Waals surface area contributed by atoms with Gasteiger partial charge in [-0.15, -0.1) is 0 Å². The van der Waals surface area contributed by atoms with Crippen molar-refractivity contribution in [1.29, 1.82) is 0 Å². The summed E-state index contributed by atoms with van der Waals surface area (Å²) in [6.07, 6.45) is 2.84. The van der Waals surface area contributed by atoms with Crippen LogP contribution in [0.1, 0.15) is 29.9 Å². The molecule has 0 unspecified atom stereocenters. The van der Waals surface area contributed by atoms with Crippen LogP contribution in [0.15, 0.2) is 36.5 Å². The smallest absolute Gasteiger partial charge is 0.333 e. The molecule has 2 heterocycles. The number of amides is 1. The van der Waals surface area contributed by atoms with E-state index in [-0.39, 0.29) is 17.4 Å². The first-order valence-corrected chi connectivity index (χ1v) is 8.04. The minimum atomic E-state index is -2.85. The van der Waals surface area contributed by atoms with E-state index in [0.29, 0.717) is 30.1 Å². The van der Waals surface area contributed by atoms with Crippen LogP contribution in [0.25, 0.3) is 0 Å². The van der Waals surface area contributed by atoms with Crippen LogP contribution in [0.5, 0.6) is 5.75 Å². The molecule has 0 radical (unpaired) electrons. The average Bonchev–Trinajstić information content (AvgIpc) is 3.11. The lowest BCUT2D eigenvalue weighted by atomic mass is 9.98. The maximum atomic E-state index is 12.9. The number of aromatic nitrogens is 2. The van der Waals surface area contributed by atoms with Crippen molar-refractivity contribution >= 4 is 5.91 Å². The van der Waals surface area contributed by atoms with E-state index in [1.165, 1.54) is 24.4 Å². The summed E-state index contributed by atoms with van der Waals surface area (Å²) in [5.41, 5.74) is -0.116. The molecule has 1 aliphatic heterocycles. The highest BCUT2D eigenvalue weighted by Crippen LogP contribution is 2.22. The minimum absolute atomic E-state index is 0.0886. The van der Waals surface area contributed by atoms with E-state index >= 15 is 0 Å². The Kier molecular flexibility index (Phi) is 5.25. The van der Waals surface area contributed by atoms with E-state index in [1.54, 1.807) is 17.0 Å². The Hall–Kier alpha value is -2.51. The topological polar surface area (TPSA) is 47.4 Å². The molecule has 3 rings (SSSR count). The molecule has 0 aliphatic carbocycles. The number of hydrogen-bond donors (Lipinski definition) is 0. The van der Waals surface area contributed by atoms with Crippen LogP contribution in [-0.2, 0) is 0 Å². The van der Waals surface area contributed by atoms with Gasteiger partial charge in [0.2, 0.25) is 0 Å². The van der Waals surface area contributed by atoms with Gasteiger partial charge >= 0.3 is 6.55 Å². The maximum absolute atomic E-state index is 12.9. The van der Waals surface area contributed by atoms with Crippen molar-refractivity contribution in [2.45, 2.75) is 19.4 Å². The Bertz CT molecular complexity index is 718. The Labute approximate surface area is 143 Å². The van der Waals surface area contributed by atoms with E-state index in [2.05, 4.69) is 5.10 Å². The van der Waals surface area contributed by atoms with Crippen LogP contribution in [0, 0.1) is 11.7 Å². The largest absolute Gasteiger partial charge is 0.493 e. The van der Waals surface area contributed by atoms with Crippen molar-refractivity contribution in [2.75, 3.05) is 19.7 Å². The lowest BCUT2D eigenvalue weighted by Gasteiger charge is -2.32. The van der Waals surface area contributed by atoms with Crippen molar-refractivity contribution in [3.05, 3.63) is 48.0 Å². The fraction of sp³-hybridized carbons (Fsp3) is 0.412. The summed E-state index contributed by atoms with van der Waals surface area (Å²) in [5, 5.41) is 3.50. The molecule has 134 valence electrons. The molecule has 2 aromatic rings. The van der Waals surface area contributed by atoms with Gasteiger partial charge in [-0.3, -0.25) is 4.79 Å². The Morgan fingerprint density at radius 3 is 2.76 bits per heavy atom. The molecule has 0 N–H and O–H groups in total. The van der Waals surface area contributed by atoms with E-state index in [9.17, 15) is 18.0 Å². The molecule has 0 saturated carbocycles. The van der Waals surface area contributed by atoms with Crippen LogP contribution in [0.3, 0.4) is 0 Å². The number of halogens is 3. The van der Waals surface area contributed by atoms with Crippen molar-refractivity contribution in [3.8, 4) is 5.75 Å². The van der Waals surface area contributed by atoms with Crippen molar-refractivity contribution in [3.63, 3.8) is 0 Å². The number of carbonyl (C=O) groups is 1. The molecular weight excluding hydrogens is 335 g/mol. The van der Waals surface area contributed by atoms with Crippen LogP contribution < -0.4 is 4.74 Å². The number of rotatable bonds is 5. The summed E-state index contributed by atoms with van der Waals surface area (Å²) in [6, 6.07) is 7.02. The molecule has 1 saturated heterocycles. The summed E-state index contributed by atoms with van der Waals surface area (Å²) in [7, 11) is 0. The Morgan fingerprint density at radius 2 is 2.04 bits per heavy atom. The number of benzene rings is 1. The molecule has 1 aromatic carbocycles. The van der Waals surface area contributed by atoms with Gasteiger partial charge in [0.1, 0.15) is 17.3 Å². The van der Waals surface area contributed by atoms with Gasteiger partial charge in [0, 0.05) is 25.2 Å². The standard InChI is InChI=1S/C17H18F3N3O2/c18-13-3-5-14(6-4-13)25-11-12-2-1-9-22(10-12)16(24)15-7-8-21-23(15)17(19)20/h3-8,12,17H,1-2,9-11H2/t12-/m1/s1. The normalized spacial score (nSPS) is 17.8. The van der Waals surface area contributed by atoms with Gasteiger partial charge in [-0.25, -0.2) is 4.39 Å². The zero-order valence-electron chi connectivity index (χ0n) is 13.4. The molecule has 0 spiro atoms. The molecule has 8 heteroatoms. The fourth-order valence-corrected chi connectivity index (χ4v) is 2.93. The number of ether oxygens (including phenoxy) is 1. The minimum Gasteiger partial charge on any atom is -0.493 e. The molecule has 0 bridgehead atoms. The molecule has 1 atom stereocenters. The number of hydrogen-bond acceptors (Lipinski definition) is 3. The first-order chi connectivity index (χ1) is 12.0. The summed E-state index contributed by atoms with van der Waals surface area (Å²) >= 11 is 0. The number of alkyl halides is 2. The third-order valence-electron chi connectivity index (χ3n) is 4.18. The summed E-state index contributed by atoms with van der Waals surface area (Å²) in [5.74, 6) is -0.145. The van der Waals surface area contributed by atoms with Crippen LogP contribution >= 0.6 is 0 Å². The zero-order valence-corrected chi connectivity index (χ0v) is 13.4. The Morgan fingerprint density at radius 1 is 1.28 bits per heavy atom. The lowest BCUT2D eigenvalue weighted by Crippen LogP contribution is -2.42. The predicted molar refractivity (Wildman–Crippen MR) is 84.0 cm³/mol. The SMILES string of the molecule is O=C(c1ccnn1C(F)F)N1CCC[C@@H](COc2ccc(F)cc2)C1. The second-order valence-electron chi connectivity index (χ2n) is 5.96. The third kappa shape index (κ3) is 4.12. The quantitative estimate of drug-likeness (QED) is 0.828. The predicted octanol–water partition coefficient (Wildman–Crippen LogP) is 3.35. The van der Waals surface area contributed by atoms with Gasteiger partial charge in [-0.1, -0.05) is 0 Å². The maximum Gasteiger partial charge on any atom is 0.333 e. The van der Waals surface area contributed by atoms with Gasteiger partial charge in [-0.2, -0.15) is 18.6 Å². The zero-order chi connectivity index (χ0) is 17.8. The van der Waals surface area contributed by atoms with Gasteiger partial charge in [-0.05, 0) is 43.2 Å². The van der Waals surface area contributed by atoms with Crippen molar-refractivity contribution in [2.24, 2.45) is 5.92 Å².